The van der Waals surface area contributed by atoms with E-state index in [0.29, 0.717) is 6.07 Å². The van der Waals surface area contributed by atoms with Gasteiger partial charge in [0.05, 0.1) is 16.2 Å². The van der Waals surface area contributed by atoms with Crippen molar-refractivity contribution >= 4 is 28.9 Å². The van der Waals surface area contributed by atoms with Gasteiger partial charge in [-0.1, -0.05) is 6.07 Å². The molecule has 0 saturated carbocycles. The zero-order valence-corrected chi connectivity index (χ0v) is 16.9. The maximum absolute atomic E-state index is 13.6. The number of rotatable bonds is 5. The van der Waals surface area contributed by atoms with Crippen molar-refractivity contribution in [2.75, 3.05) is 10.6 Å². The fraction of sp³-hybridized carbons (Fsp3) is 0.0909. The normalized spacial score (nSPS) is 11.1. The van der Waals surface area contributed by atoms with Gasteiger partial charge in [-0.15, -0.1) is 0 Å². The number of aryl methyl sites for hydroxylation is 1. The summed E-state index contributed by atoms with van der Waals surface area (Å²) in [5, 5.41) is 15.4. The lowest BCUT2D eigenvalue weighted by Crippen LogP contribution is -2.18. The highest BCUT2D eigenvalue weighted by atomic mass is 19.4. The Kier molecular flexibility index (Phi) is 6.43. The predicted octanol–water partition coefficient (Wildman–Crippen LogP) is 5.57. The quantitative estimate of drug-likeness (QED) is 0.295. The van der Waals surface area contributed by atoms with Gasteiger partial charge in [0.2, 0.25) is 0 Å². The molecule has 2 amide bonds. The van der Waals surface area contributed by atoms with Gasteiger partial charge in [0.1, 0.15) is 5.82 Å². The van der Waals surface area contributed by atoms with Crippen molar-refractivity contribution in [3.05, 3.63) is 98.8 Å². The molecule has 0 atom stereocenters. The van der Waals surface area contributed by atoms with Crippen molar-refractivity contribution in [3.63, 3.8) is 0 Å². The van der Waals surface area contributed by atoms with Gasteiger partial charge in [-0.3, -0.25) is 19.7 Å². The number of carbonyl (C=O) groups excluding carboxylic acids is 2. The second-order valence-corrected chi connectivity index (χ2v) is 6.93. The summed E-state index contributed by atoms with van der Waals surface area (Å²) in [5.41, 5.74) is -2.28. The standard InChI is InChI=1S/C22H15F4N3O4/c1-12-2-3-14(10-19(12)29(32)33)21(31)28-18-9-8-16(11-17(18)22(24,25)26)27-20(30)13-4-6-15(23)7-5-13/h2-11H,1H3,(H,27,30)(H,28,31). The number of nitro benzene ring substituents is 1. The molecule has 3 rings (SSSR count). The molecule has 3 aromatic rings. The average Bonchev–Trinajstić information content (AvgIpc) is 2.74. The number of nitro groups is 1. The number of benzene rings is 3. The fourth-order valence-corrected chi connectivity index (χ4v) is 2.91. The third-order valence-electron chi connectivity index (χ3n) is 4.61. The molecule has 0 aliphatic heterocycles. The van der Waals surface area contributed by atoms with Crippen molar-refractivity contribution in [3.8, 4) is 0 Å². The van der Waals surface area contributed by atoms with E-state index in [9.17, 15) is 37.3 Å². The minimum absolute atomic E-state index is 0.0308. The van der Waals surface area contributed by atoms with Crippen LogP contribution in [0.2, 0.25) is 0 Å². The molecule has 0 spiro atoms. The number of hydrogen-bond donors (Lipinski definition) is 2. The average molecular weight is 461 g/mol. The topological polar surface area (TPSA) is 101 Å². The molecule has 2 N–H and O–H groups in total. The Hall–Kier alpha value is -4.28. The van der Waals surface area contributed by atoms with Gasteiger partial charge in [0, 0.05) is 28.4 Å². The Labute approximate surface area is 184 Å². The number of nitrogens with zero attached hydrogens (tertiary/aromatic N) is 1. The number of anilines is 2. The van der Waals surface area contributed by atoms with Gasteiger partial charge < -0.3 is 10.6 Å². The molecule has 0 radical (unpaired) electrons. The molecule has 170 valence electrons. The van der Waals surface area contributed by atoms with Crippen molar-refractivity contribution in [2.45, 2.75) is 13.1 Å². The van der Waals surface area contributed by atoms with E-state index >= 15 is 0 Å². The van der Waals surface area contributed by atoms with E-state index in [0.717, 1.165) is 30.3 Å². The first-order valence-electron chi connectivity index (χ1n) is 9.30. The molecule has 0 bridgehead atoms. The van der Waals surface area contributed by atoms with E-state index < -0.39 is 40.0 Å². The monoisotopic (exact) mass is 461 g/mol. The number of amides is 2. The summed E-state index contributed by atoms with van der Waals surface area (Å²) in [6.45, 7) is 1.46. The Morgan fingerprint density at radius 1 is 0.879 bits per heavy atom. The van der Waals surface area contributed by atoms with E-state index in [1.165, 1.54) is 31.2 Å². The lowest BCUT2D eigenvalue weighted by atomic mass is 10.1. The molecular formula is C22H15F4N3O4. The molecule has 0 heterocycles. The first kappa shape index (κ1) is 23.4. The van der Waals surface area contributed by atoms with Crippen LogP contribution < -0.4 is 10.6 Å². The van der Waals surface area contributed by atoms with E-state index in [1.54, 1.807) is 0 Å². The molecule has 0 aliphatic rings. The third-order valence-corrected chi connectivity index (χ3v) is 4.61. The van der Waals surface area contributed by atoms with Crippen molar-refractivity contribution in [2.24, 2.45) is 0 Å². The molecule has 11 heteroatoms. The number of alkyl halides is 3. The van der Waals surface area contributed by atoms with Crippen LogP contribution in [0.3, 0.4) is 0 Å². The molecule has 0 aromatic heterocycles. The number of nitrogens with one attached hydrogen (secondary N) is 2. The first-order chi connectivity index (χ1) is 15.5. The minimum atomic E-state index is -4.89. The van der Waals surface area contributed by atoms with E-state index in [-0.39, 0.29) is 28.1 Å². The predicted molar refractivity (Wildman–Crippen MR) is 112 cm³/mol. The van der Waals surface area contributed by atoms with Gasteiger partial charge >= 0.3 is 6.18 Å². The minimum Gasteiger partial charge on any atom is -0.322 e. The number of carbonyl (C=O) groups is 2. The Morgan fingerprint density at radius 3 is 2.09 bits per heavy atom. The van der Waals surface area contributed by atoms with Gasteiger partial charge in [-0.2, -0.15) is 13.2 Å². The van der Waals surface area contributed by atoms with Crippen molar-refractivity contribution in [1.82, 2.24) is 0 Å². The summed E-state index contributed by atoms with van der Waals surface area (Å²) < 4.78 is 53.8. The highest BCUT2D eigenvalue weighted by molar-refractivity contribution is 6.06. The fourth-order valence-electron chi connectivity index (χ4n) is 2.91. The van der Waals surface area contributed by atoms with Crippen LogP contribution in [0.25, 0.3) is 0 Å². The Balaban J connectivity index is 1.87. The lowest BCUT2D eigenvalue weighted by Gasteiger charge is -2.16. The number of hydrogen-bond acceptors (Lipinski definition) is 4. The second-order valence-electron chi connectivity index (χ2n) is 6.93. The first-order valence-corrected chi connectivity index (χ1v) is 9.30. The van der Waals surface area contributed by atoms with Gasteiger partial charge in [-0.25, -0.2) is 4.39 Å². The van der Waals surface area contributed by atoms with Crippen LogP contribution in [0, 0.1) is 22.9 Å². The maximum Gasteiger partial charge on any atom is 0.418 e. The summed E-state index contributed by atoms with van der Waals surface area (Å²) in [4.78, 5) is 35.0. The maximum atomic E-state index is 13.6. The van der Waals surface area contributed by atoms with Gasteiger partial charge in [-0.05, 0) is 55.5 Å². The molecule has 3 aromatic carbocycles. The second kappa shape index (κ2) is 9.07. The smallest absolute Gasteiger partial charge is 0.322 e. The van der Waals surface area contributed by atoms with Gasteiger partial charge in [0.15, 0.2) is 0 Å². The molecular weight excluding hydrogens is 446 g/mol. The SMILES string of the molecule is Cc1ccc(C(=O)Nc2ccc(NC(=O)c3ccc(F)cc3)cc2C(F)(F)F)cc1[N+](=O)[O-]. The Morgan fingerprint density at radius 2 is 1.48 bits per heavy atom. The van der Waals surface area contributed by atoms with Crippen molar-refractivity contribution in [1.29, 1.82) is 0 Å². The molecule has 0 aliphatic carbocycles. The summed E-state index contributed by atoms with van der Waals surface area (Å²) in [5.74, 6) is -2.32. The molecule has 7 nitrogen and oxygen atoms in total. The van der Waals surface area contributed by atoms with Crippen LogP contribution >= 0.6 is 0 Å². The van der Waals surface area contributed by atoms with E-state index in [4.69, 9.17) is 0 Å². The molecule has 33 heavy (non-hydrogen) atoms. The van der Waals surface area contributed by atoms with Gasteiger partial charge in [0.25, 0.3) is 17.5 Å². The summed E-state index contributed by atoms with van der Waals surface area (Å²) in [6, 6.07) is 10.7. The zero-order valence-electron chi connectivity index (χ0n) is 16.9. The van der Waals surface area contributed by atoms with E-state index in [1.807, 2.05) is 0 Å². The summed E-state index contributed by atoms with van der Waals surface area (Å²) >= 11 is 0. The lowest BCUT2D eigenvalue weighted by molar-refractivity contribution is -0.385. The molecule has 0 fully saturated rings. The largest absolute Gasteiger partial charge is 0.418 e. The number of halogens is 4. The Bertz CT molecular complexity index is 1240. The van der Waals surface area contributed by atoms with Crippen LogP contribution in [0.15, 0.2) is 60.7 Å². The van der Waals surface area contributed by atoms with Crippen LogP contribution in [-0.4, -0.2) is 16.7 Å². The zero-order chi connectivity index (χ0) is 24.3. The van der Waals surface area contributed by atoms with Crippen LogP contribution in [0.4, 0.5) is 34.6 Å². The highest BCUT2D eigenvalue weighted by Crippen LogP contribution is 2.37. The van der Waals surface area contributed by atoms with Crippen LogP contribution in [-0.2, 0) is 6.18 Å². The van der Waals surface area contributed by atoms with Crippen LogP contribution in [0.5, 0.6) is 0 Å². The van der Waals surface area contributed by atoms with Crippen molar-refractivity contribution < 1.29 is 32.1 Å². The molecule has 0 saturated heterocycles. The third kappa shape index (κ3) is 5.50. The highest BCUT2D eigenvalue weighted by Gasteiger charge is 2.34. The van der Waals surface area contributed by atoms with Crippen LogP contribution in [0.1, 0.15) is 31.8 Å². The molecule has 0 unspecified atom stereocenters. The summed E-state index contributed by atoms with van der Waals surface area (Å²) in [6.07, 6.45) is -4.89. The summed E-state index contributed by atoms with van der Waals surface area (Å²) in [7, 11) is 0. The van der Waals surface area contributed by atoms with E-state index in [2.05, 4.69) is 10.6 Å².